The van der Waals surface area contributed by atoms with Crippen molar-refractivity contribution in [1.82, 2.24) is 10.2 Å². The molecule has 2 aromatic carbocycles. The van der Waals surface area contributed by atoms with Crippen molar-refractivity contribution in [3.8, 4) is 0 Å². The van der Waals surface area contributed by atoms with Gasteiger partial charge < -0.3 is 24.7 Å². The topological polar surface area (TPSA) is 147 Å². The van der Waals surface area contributed by atoms with E-state index in [9.17, 15) is 24.5 Å². The van der Waals surface area contributed by atoms with E-state index in [0.29, 0.717) is 48.8 Å². The Morgan fingerprint density at radius 1 is 1.18 bits per heavy atom. The summed E-state index contributed by atoms with van der Waals surface area (Å²) in [5.41, 5.74) is 1.62. The zero-order valence-electron chi connectivity index (χ0n) is 21.6. The van der Waals surface area contributed by atoms with Crippen LogP contribution in [0.2, 0.25) is 0 Å². The van der Waals surface area contributed by atoms with Gasteiger partial charge in [-0.15, -0.1) is 0 Å². The van der Waals surface area contributed by atoms with Crippen molar-refractivity contribution < 1.29 is 33.3 Å². The Balaban J connectivity index is 1.15. The summed E-state index contributed by atoms with van der Waals surface area (Å²) in [4.78, 5) is 57.1. The van der Waals surface area contributed by atoms with Crippen LogP contribution in [-0.4, -0.2) is 84.9 Å². The number of anilines is 2. The van der Waals surface area contributed by atoms with Gasteiger partial charge in [-0.25, -0.2) is 9.18 Å². The Bertz CT molecular complexity index is 1380. The molecule has 2 fully saturated rings. The molecular weight excluding hydrogens is 527 g/mol. The number of oxime groups is 1. The number of non-ortho nitro benzene ring substituents is 1. The van der Waals surface area contributed by atoms with Crippen molar-refractivity contribution in [2.24, 2.45) is 5.16 Å². The van der Waals surface area contributed by atoms with Crippen LogP contribution in [0, 0.1) is 15.9 Å². The Hall–Kier alpha value is -4.75. The molecule has 13 nitrogen and oxygen atoms in total. The molecule has 3 aliphatic rings. The van der Waals surface area contributed by atoms with Crippen LogP contribution in [0.25, 0.3) is 0 Å². The van der Waals surface area contributed by atoms with Crippen molar-refractivity contribution >= 4 is 40.7 Å². The van der Waals surface area contributed by atoms with Crippen LogP contribution >= 0.6 is 0 Å². The van der Waals surface area contributed by atoms with E-state index < -0.39 is 29.0 Å². The van der Waals surface area contributed by atoms with E-state index in [1.807, 2.05) is 4.90 Å². The Morgan fingerprint density at radius 3 is 2.65 bits per heavy atom. The summed E-state index contributed by atoms with van der Waals surface area (Å²) in [5.74, 6) is -0.994. The number of nitro benzene ring substituents is 1. The van der Waals surface area contributed by atoms with E-state index in [0.717, 1.165) is 0 Å². The van der Waals surface area contributed by atoms with Crippen molar-refractivity contribution in [2.75, 3.05) is 49.1 Å². The lowest BCUT2D eigenvalue weighted by Gasteiger charge is -2.37. The van der Waals surface area contributed by atoms with Gasteiger partial charge in [-0.2, -0.15) is 0 Å². The maximum atomic E-state index is 15.1. The highest BCUT2D eigenvalue weighted by molar-refractivity contribution is 6.04. The van der Waals surface area contributed by atoms with Crippen LogP contribution in [0.15, 0.2) is 47.6 Å². The predicted octanol–water partition coefficient (Wildman–Crippen LogP) is 2.04. The normalized spacial score (nSPS) is 20.6. The van der Waals surface area contributed by atoms with E-state index in [2.05, 4.69) is 10.5 Å². The van der Waals surface area contributed by atoms with Gasteiger partial charge in [-0.1, -0.05) is 17.3 Å². The van der Waals surface area contributed by atoms with E-state index in [4.69, 9.17) is 9.57 Å². The molecule has 3 aliphatic heterocycles. The van der Waals surface area contributed by atoms with Crippen molar-refractivity contribution in [2.45, 2.75) is 25.6 Å². The number of nitrogens with zero attached hydrogens (tertiary/aromatic N) is 5. The number of hydrogen-bond acceptors (Lipinski definition) is 9. The van der Waals surface area contributed by atoms with Gasteiger partial charge in [-0.05, 0) is 18.2 Å². The number of piperazine rings is 1. The minimum Gasteiger partial charge on any atom is -0.442 e. The molecule has 1 unspecified atom stereocenters. The van der Waals surface area contributed by atoms with E-state index >= 15 is 4.39 Å². The SMILES string of the molecule is CC(=O)NC[C@H]1CN(c2ccc(N3CCN(C(=O)C4CC(c5cccc([N+](=O)[O-])c5)=NO4)CC3)c(F)c2)C(=O)O1. The summed E-state index contributed by atoms with van der Waals surface area (Å²) in [6.07, 6.45) is -1.77. The molecule has 2 aromatic rings. The number of hydrogen-bond donors (Lipinski definition) is 1. The van der Waals surface area contributed by atoms with Gasteiger partial charge in [-0.3, -0.25) is 24.6 Å². The van der Waals surface area contributed by atoms with Crippen LogP contribution in [0.4, 0.5) is 26.2 Å². The predicted molar refractivity (Wildman–Crippen MR) is 141 cm³/mol. The molecule has 0 saturated carbocycles. The molecule has 3 amide bonds. The van der Waals surface area contributed by atoms with Gasteiger partial charge in [0.05, 0.1) is 35.1 Å². The number of benzene rings is 2. The van der Waals surface area contributed by atoms with Gasteiger partial charge in [0.15, 0.2) is 0 Å². The number of rotatable bonds is 7. The van der Waals surface area contributed by atoms with Crippen LogP contribution < -0.4 is 15.1 Å². The van der Waals surface area contributed by atoms with E-state index in [1.54, 1.807) is 29.2 Å². The van der Waals surface area contributed by atoms with Crippen LogP contribution in [0.1, 0.15) is 18.9 Å². The second kappa shape index (κ2) is 11.2. The van der Waals surface area contributed by atoms with E-state index in [-0.39, 0.29) is 37.0 Å². The van der Waals surface area contributed by atoms with Gasteiger partial charge in [0.1, 0.15) is 11.9 Å². The average Bonchev–Trinajstić information content (AvgIpc) is 3.59. The van der Waals surface area contributed by atoms with Gasteiger partial charge in [0.2, 0.25) is 12.0 Å². The number of nitro groups is 1. The molecule has 1 N–H and O–H groups in total. The highest BCUT2D eigenvalue weighted by atomic mass is 19.1. The fraction of sp³-hybridized carbons (Fsp3) is 0.385. The first-order chi connectivity index (χ1) is 19.2. The summed E-state index contributed by atoms with van der Waals surface area (Å²) >= 11 is 0. The fourth-order valence-corrected chi connectivity index (χ4v) is 4.87. The second-order valence-electron chi connectivity index (χ2n) is 9.65. The highest BCUT2D eigenvalue weighted by Gasteiger charge is 2.35. The minimum absolute atomic E-state index is 0.0714. The highest BCUT2D eigenvalue weighted by Crippen LogP contribution is 2.29. The maximum absolute atomic E-state index is 15.1. The molecule has 0 spiro atoms. The summed E-state index contributed by atoms with van der Waals surface area (Å²) in [6.45, 7) is 3.19. The zero-order chi connectivity index (χ0) is 28.4. The Kier molecular flexibility index (Phi) is 7.49. The monoisotopic (exact) mass is 554 g/mol. The Morgan fingerprint density at radius 2 is 1.95 bits per heavy atom. The summed E-state index contributed by atoms with van der Waals surface area (Å²) < 4.78 is 20.4. The molecule has 2 saturated heterocycles. The minimum atomic E-state index is -0.827. The molecule has 2 atom stereocenters. The summed E-state index contributed by atoms with van der Waals surface area (Å²) in [6, 6.07) is 10.5. The average molecular weight is 555 g/mol. The van der Waals surface area contributed by atoms with Gasteiger partial charge in [0, 0.05) is 57.2 Å². The lowest BCUT2D eigenvalue weighted by atomic mass is 10.0. The Labute approximate surface area is 228 Å². The number of carbonyl (C=O) groups is 3. The molecule has 0 bridgehead atoms. The van der Waals surface area contributed by atoms with Crippen molar-refractivity contribution in [3.05, 3.63) is 64.0 Å². The molecule has 210 valence electrons. The first-order valence-corrected chi connectivity index (χ1v) is 12.7. The van der Waals surface area contributed by atoms with Crippen molar-refractivity contribution in [3.63, 3.8) is 0 Å². The quantitative estimate of drug-likeness (QED) is 0.404. The lowest BCUT2D eigenvalue weighted by Crippen LogP contribution is -2.51. The number of amides is 3. The third-order valence-corrected chi connectivity index (χ3v) is 6.96. The number of nitrogens with one attached hydrogen (secondary N) is 1. The number of ether oxygens (including phenoxy) is 1. The molecule has 40 heavy (non-hydrogen) atoms. The van der Waals surface area contributed by atoms with Crippen LogP contribution in [0.3, 0.4) is 0 Å². The molecule has 3 heterocycles. The summed E-state index contributed by atoms with van der Waals surface area (Å²) in [5, 5.41) is 17.6. The zero-order valence-corrected chi connectivity index (χ0v) is 21.6. The molecule has 14 heteroatoms. The van der Waals surface area contributed by atoms with Crippen LogP contribution in [-0.2, 0) is 19.2 Å². The van der Waals surface area contributed by atoms with Gasteiger partial charge in [0.25, 0.3) is 11.6 Å². The standard InChI is InChI=1S/C26H27FN6O7/c1-16(34)28-14-20-15-32(26(36)39-20)18-5-6-23(21(27)12-18)30-7-9-31(10-8-30)25(35)24-13-22(29-40-24)17-3-2-4-19(11-17)33(37)38/h2-6,11-12,20,24H,7-10,13-15H2,1H3,(H,28,34)/t20-,24?/m0/s1. The smallest absolute Gasteiger partial charge is 0.414 e. The molecule has 5 rings (SSSR count). The lowest BCUT2D eigenvalue weighted by molar-refractivity contribution is -0.384. The molecule has 0 aromatic heterocycles. The molecule has 0 radical (unpaired) electrons. The first-order valence-electron chi connectivity index (χ1n) is 12.7. The molecular formula is C26H27FN6O7. The van der Waals surface area contributed by atoms with E-state index in [1.165, 1.54) is 30.0 Å². The van der Waals surface area contributed by atoms with Crippen LogP contribution in [0.5, 0.6) is 0 Å². The largest absolute Gasteiger partial charge is 0.442 e. The third kappa shape index (κ3) is 5.65. The number of carbonyl (C=O) groups excluding carboxylic acids is 3. The number of halogens is 1. The maximum Gasteiger partial charge on any atom is 0.414 e. The second-order valence-corrected chi connectivity index (χ2v) is 9.65. The summed E-state index contributed by atoms with van der Waals surface area (Å²) in [7, 11) is 0. The molecule has 0 aliphatic carbocycles. The first kappa shape index (κ1) is 26.8. The fourth-order valence-electron chi connectivity index (χ4n) is 4.87. The van der Waals surface area contributed by atoms with Crippen molar-refractivity contribution in [1.29, 1.82) is 0 Å². The number of cyclic esters (lactones) is 1. The van der Waals surface area contributed by atoms with Gasteiger partial charge >= 0.3 is 6.09 Å². The third-order valence-electron chi connectivity index (χ3n) is 6.96.